The largest absolute Gasteiger partial charge is 0.497 e. The summed E-state index contributed by atoms with van der Waals surface area (Å²) >= 11 is 0. The fourth-order valence-electron chi connectivity index (χ4n) is 3.36. The first-order valence-corrected chi connectivity index (χ1v) is 9.38. The molecule has 5 heteroatoms. The number of carbonyl (C=O) groups is 2. The molecule has 1 N–H and O–H groups in total. The van der Waals surface area contributed by atoms with Crippen LogP contribution in [0.15, 0.2) is 54.6 Å². The lowest BCUT2D eigenvalue weighted by Crippen LogP contribution is -2.38. The molecule has 27 heavy (non-hydrogen) atoms. The molecule has 1 unspecified atom stereocenters. The van der Waals surface area contributed by atoms with E-state index in [4.69, 9.17) is 9.47 Å². The Kier molecular flexibility index (Phi) is 6.47. The van der Waals surface area contributed by atoms with Crippen LogP contribution in [0.1, 0.15) is 54.1 Å². The molecule has 0 aromatic heterocycles. The molecular formula is C22H25NO4. The minimum Gasteiger partial charge on any atom is -0.497 e. The minimum atomic E-state index is -0.983. The number of carbonyl (C=O) groups excluding carboxylic acids is 2. The standard InChI is InChI=1S/C22H25NO4/c1-26-19-14-12-16(13-15-19)20(24)21(17-8-4-2-5-9-17)27-22(25)23-18-10-6-3-7-11-18/h2,4-5,8-9,12-15,18,21H,3,6-7,10-11H2,1H3,(H,23,25). The molecule has 0 radical (unpaired) electrons. The number of benzene rings is 2. The number of Topliss-reactive ketones (excluding diaryl/α,β-unsaturated/α-hetero) is 1. The van der Waals surface area contributed by atoms with Gasteiger partial charge in [0.25, 0.3) is 0 Å². The second kappa shape index (κ2) is 9.21. The van der Waals surface area contributed by atoms with Crippen molar-refractivity contribution in [2.24, 2.45) is 0 Å². The van der Waals surface area contributed by atoms with Crippen LogP contribution >= 0.6 is 0 Å². The number of alkyl carbamates (subject to hydrolysis) is 1. The van der Waals surface area contributed by atoms with Gasteiger partial charge in [0, 0.05) is 17.2 Å². The van der Waals surface area contributed by atoms with Gasteiger partial charge in [0.15, 0.2) is 6.10 Å². The van der Waals surface area contributed by atoms with Gasteiger partial charge in [-0.3, -0.25) is 4.79 Å². The molecule has 1 aliphatic rings. The molecular weight excluding hydrogens is 342 g/mol. The number of hydrogen-bond donors (Lipinski definition) is 1. The van der Waals surface area contributed by atoms with Crippen LogP contribution in [-0.2, 0) is 4.74 Å². The van der Waals surface area contributed by atoms with Crippen molar-refractivity contribution in [1.82, 2.24) is 5.32 Å². The smallest absolute Gasteiger partial charge is 0.408 e. The van der Waals surface area contributed by atoms with E-state index in [1.807, 2.05) is 18.2 Å². The third-order valence-electron chi connectivity index (χ3n) is 4.87. The van der Waals surface area contributed by atoms with E-state index in [0.717, 1.165) is 25.7 Å². The number of ether oxygens (including phenoxy) is 2. The Hall–Kier alpha value is -2.82. The molecule has 0 aliphatic heterocycles. The van der Waals surface area contributed by atoms with Crippen LogP contribution in [0.2, 0.25) is 0 Å². The van der Waals surface area contributed by atoms with Crippen molar-refractivity contribution in [3.8, 4) is 5.75 Å². The summed E-state index contributed by atoms with van der Waals surface area (Å²) in [5.41, 5.74) is 1.12. The summed E-state index contributed by atoms with van der Waals surface area (Å²) in [6.45, 7) is 0. The van der Waals surface area contributed by atoms with Gasteiger partial charge < -0.3 is 14.8 Å². The molecule has 0 saturated heterocycles. The van der Waals surface area contributed by atoms with Crippen LogP contribution in [-0.4, -0.2) is 25.0 Å². The predicted molar refractivity (Wildman–Crippen MR) is 103 cm³/mol. The van der Waals surface area contributed by atoms with Gasteiger partial charge >= 0.3 is 6.09 Å². The lowest BCUT2D eigenvalue weighted by Gasteiger charge is -2.24. The number of hydrogen-bond acceptors (Lipinski definition) is 4. The summed E-state index contributed by atoms with van der Waals surface area (Å²) in [5, 5.41) is 2.91. The first-order chi connectivity index (χ1) is 13.2. The van der Waals surface area contributed by atoms with E-state index in [1.165, 1.54) is 6.42 Å². The van der Waals surface area contributed by atoms with E-state index in [1.54, 1.807) is 43.5 Å². The van der Waals surface area contributed by atoms with Crippen molar-refractivity contribution in [2.45, 2.75) is 44.2 Å². The lowest BCUT2D eigenvalue weighted by molar-refractivity contribution is 0.0613. The maximum absolute atomic E-state index is 13.0. The molecule has 1 amide bonds. The van der Waals surface area contributed by atoms with Crippen molar-refractivity contribution in [3.05, 3.63) is 65.7 Å². The molecule has 5 nitrogen and oxygen atoms in total. The Morgan fingerprint density at radius 3 is 2.26 bits per heavy atom. The first kappa shape index (κ1) is 19.0. The second-order valence-electron chi connectivity index (χ2n) is 6.77. The zero-order chi connectivity index (χ0) is 19.1. The van der Waals surface area contributed by atoms with Crippen molar-refractivity contribution in [1.29, 1.82) is 0 Å². The molecule has 1 saturated carbocycles. The molecule has 0 bridgehead atoms. The monoisotopic (exact) mass is 367 g/mol. The second-order valence-corrected chi connectivity index (χ2v) is 6.77. The Labute approximate surface area is 159 Å². The summed E-state index contributed by atoms with van der Waals surface area (Å²) in [7, 11) is 1.57. The lowest BCUT2D eigenvalue weighted by atomic mass is 9.96. The maximum atomic E-state index is 13.0. The summed E-state index contributed by atoms with van der Waals surface area (Å²) in [5.74, 6) is 0.404. The summed E-state index contributed by atoms with van der Waals surface area (Å²) in [6, 6.07) is 16.0. The number of amides is 1. The average Bonchev–Trinajstić information content (AvgIpc) is 2.73. The van der Waals surface area contributed by atoms with Crippen LogP contribution in [0, 0.1) is 0 Å². The van der Waals surface area contributed by atoms with Crippen molar-refractivity contribution < 1.29 is 19.1 Å². The summed E-state index contributed by atoms with van der Waals surface area (Å²) in [4.78, 5) is 25.5. The van der Waals surface area contributed by atoms with E-state index in [0.29, 0.717) is 16.9 Å². The normalized spacial score (nSPS) is 15.6. The topological polar surface area (TPSA) is 64.6 Å². The average molecular weight is 367 g/mol. The zero-order valence-electron chi connectivity index (χ0n) is 15.5. The number of ketones is 1. The SMILES string of the molecule is COc1ccc(C(=O)C(OC(=O)NC2CCCCC2)c2ccccc2)cc1. The summed E-state index contributed by atoms with van der Waals surface area (Å²) < 4.78 is 10.7. The highest BCUT2D eigenvalue weighted by Gasteiger charge is 2.27. The molecule has 0 heterocycles. The van der Waals surface area contributed by atoms with Gasteiger partial charge in [-0.1, -0.05) is 49.6 Å². The van der Waals surface area contributed by atoms with Crippen molar-refractivity contribution in [3.63, 3.8) is 0 Å². The van der Waals surface area contributed by atoms with Gasteiger partial charge in [0.2, 0.25) is 5.78 Å². The number of nitrogens with one attached hydrogen (secondary N) is 1. The van der Waals surface area contributed by atoms with E-state index in [9.17, 15) is 9.59 Å². The van der Waals surface area contributed by atoms with Gasteiger partial charge in [-0.25, -0.2) is 4.79 Å². The molecule has 142 valence electrons. The highest BCUT2D eigenvalue weighted by molar-refractivity contribution is 6.01. The third-order valence-corrected chi connectivity index (χ3v) is 4.87. The third kappa shape index (κ3) is 5.09. The zero-order valence-corrected chi connectivity index (χ0v) is 15.5. The Bertz CT molecular complexity index is 752. The Morgan fingerprint density at radius 1 is 0.963 bits per heavy atom. The van der Waals surface area contributed by atoms with E-state index in [-0.39, 0.29) is 11.8 Å². The van der Waals surface area contributed by atoms with Crippen molar-refractivity contribution in [2.75, 3.05) is 7.11 Å². The fraction of sp³-hybridized carbons (Fsp3) is 0.364. The van der Waals surface area contributed by atoms with E-state index in [2.05, 4.69) is 5.32 Å². The van der Waals surface area contributed by atoms with Crippen LogP contribution in [0.5, 0.6) is 5.75 Å². The van der Waals surface area contributed by atoms with Gasteiger partial charge in [-0.05, 0) is 37.1 Å². The van der Waals surface area contributed by atoms with Crippen LogP contribution < -0.4 is 10.1 Å². The van der Waals surface area contributed by atoms with E-state index < -0.39 is 12.2 Å². The molecule has 1 atom stereocenters. The van der Waals surface area contributed by atoms with Gasteiger partial charge in [-0.15, -0.1) is 0 Å². The highest BCUT2D eigenvalue weighted by atomic mass is 16.6. The number of rotatable bonds is 6. The number of methoxy groups -OCH3 is 1. The fourth-order valence-corrected chi connectivity index (χ4v) is 3.36. The van der Waals surface area contributed by atoms with Gasteiger partial charge in [0.1, 0.15) is 5.75 Å². The van der Waals surface area contributed by atoms with Crippen LogP contribution in [0.25, 0.3) is 0 Å². The molecule has 0 spiro atoms. The highest BCUT2D eigenvalue weighted by Crippen LogP contribution is 2.25. The van der Waals surface area contributed by atoms with E-state index >= 15 is 0 Å². The quantitative estimate of drug-likeness (QED) is 0.753. The summed E-state index contributed by atoms with van der Waals surface area (Å²) in [6.07, 6.45) is 3.81. The van der Waals surface area contributed by atoms with Gasteiger partial charge in [0.05, 0.1) is 7.11 Å². The Morgan fingerprint density at radius 2 is 1.63 bits per heavy atom. The van der Waals surface area contributed by atoms with Crippen molar-refractivity contribution >= 4 is 11.9 Å². The van der Waals surface area contributed by atoms with Crippen LogP contribution in [0.3, 0.4) is 0 Å². The van der Waals surface area contributed by atoms with Crippen LogP contribution in [0.4, 0.5) is 4.79 Å². The molecule has 1 fully saturated rings. The predicted octanol–water partition coefficient (Wildman–Crippen LogP) is 4.68. The van der Waals surface area contributed by atoms with Gasteiger partial charge in [-0.2, -0.15) is 0 Å². The molecule has 2 aromatic rings. The molecule has 2 aromatic carbocycles. The molecule has 1 aliphatic carbocycles. The first-order valence-electron chi connectivity index (χ1n) is 9.38. The molecule has 3 rings (SSSR count). The Balaban J connectivity index is 1.76. The maximum Gasteiger partial charge on any atom is 0.408 e. The minimum absolute atomic E-state index is 0.124.